The van der Waals surface area contributed by atoms with Crippen LogP contribution in [0.3, 0.4) is 0 Å². The van der Waals surface area contributed by atoms with E-state index in [9.17, 15) is 22.0 Å². The summed E-state index contributed by atoms with van der Waals surface area (Å²) in [7, 11) is 1.76. The molecule has 0 aliphatic carbocycles. The average molecular weight is 555 g/mol. The van der Waals surface area contributed by atoms with Crippen LogP contribution in [-0.4, -0.2) is 39.5 Å². The summed E-state index contributed by atoms with van der Waals surface area (Å²) in [6.07, 6.45) is -0.291. The number of rotatable bonds is 3. The molecule has 1 unspecified atom stereocenters. The van der Waals surface area contributed by atoms with Crippen LogP contribution in [0.2, 0.25) is 5.28 Å². The van der Waals surface area contributed by atoms with Crippen molar-refractivity contribution in [1.29, 1.82) is 0 Å². The quantitative estimate of drug-likeness (QED) is 0.199. The Kier molecular flexibility index (Phi) is 7.58. The van der Waals surface area contributed by atoms with Crippen molar-refractivity contribution in [3.63, 3.8) is 0 Å². The standard InChI is InChI=1S/C13H10ClF2N3O.C11H10F3N3O/c1-19-10(7-2-8(15)4-9(16)3-7)6-20-11-5-17-13(14)18-12(11)19;1-7-5-17(6-16-7)9-3-2-8(15)4-10(9)18-11(12,13)14/h2-5,10H,6H2,1H3;2-6H,15H2,1H3. The minimum absolute atomic E-state index is 0.0882. The molecule has 0 spiro atoms. The smallest absolute Gasteiger partial charge is 0.486 e. The molecule has 0 radical (unpaired) electrons. The molecular weight excluding hydrogens is 535 g/mol. The van der Waals surface area contributed by atoms with E-state index in [1.807, 2.05) is 0 Å². The molecule has 3 heterocycles. The van der Waals surface area contributed by atoms with Gasteiger partial charge < -0.3 is 24.7 Å². The van der Waals surface area contributed by atoms with E-state index in [1.165, 1.54) is 41.4 Å². The second kappa shape index (κ2) is 10.7. The van der Waals surface area contributed by atoms with Crippen molar-refractivity contribution in [3.8, 4) is 17.2 Å². The number of fused-ring (bicyclic) bond motifs is 1. The Bertz CT molecular complexity index is 1430. The van der Waals surface area contributed by atoms with Gasteiger partial charge in [0, 0.05) is 31.1 Å². The second-order valence-electron chi connectivity index (χ2n) is 8.16. The summed E-state index contributed by atoms with van der Waals surface area (Å²) in [5, 5.41) is 0.0882. The predicted octanol–water partition coefficient (Wildman–Crippen LogP) is 5.64. The molecule has 2 aromatic carbocycles. The monoisotopic (exact) mass is 554 g/mol. The number of likely N-dealkylation sites (N-methyl/N-ethyl adjacent to an activating group) is 1. The fourth-order valence-corrected chi connectivity index (χ4v) is 3.84. The van der Waals surface area contributed by atoms with Crippen LogP contribution in [0.5, 0.6) is 11.5 Å². The van der Waals surface area contributed by atoms with Gasteiger partial charge in [-0.25, -0.2) is 18.7 Å². The maximum atomic E-state index is 13.3. The first kappa shape index (κ1) is 26.9. The highest BCUT2D eigenvalue weighted by Gasteiger charge is 2.32. The first-order chi connectivity index (χ1) is 17.9. The van der Waals surface area contributed by atoms with E-state index < -0.39 is 18.0 Å². The molecule has 0 amide bonds. The number of ether oxygens (including phenoxy) is 2. The molecule has 0 saturated carbocycles. The summed E-state index contributed by atoms with van der Waals surface area (Å²) >= 11 is 5.76. The van der Waals surface area contributed by atoms with E-state index in [1.54, 1.807) is 25.1 Å². The molecule has 8 nitrogen and oxygen atoms in total. The Hall–Kier alpha value is -4.13. The number of imidazole rings is 1. The number of hydrogen-bond donors (Lipinski definition) is 1. The van der Waals surface area contributed by atoms with Crippen molar-refractivity contribution >= 4 is 23.1 Å². The fraction of sp³-hybridized carbons (Fsp3) is 0.208. The van der Waals surface area contributed by atoms with E-state index >= 15 is 0 Å². The molecule has 200 valence electrons. The van der Waals surface area contributed by atoms with Gasteiger partial charge in [0.15, 0.2) is 17.3 Å². The predicted molar refractivity (Wildman–Crippen MR) is 129 cm³/mol. The molecule has 0 bridgehead atoms. The molecule has 4 aromatic rings. The number of halogens is 6. The van der Waals surface area contributed by atoms with Gasteiger partial charge in [-0.1, -0.05) is 0 Å². The fourth-order valence-electron chi connectivity index (χ4n) is 3.71. The van der Waals surface area contributed by atoms with Crippen LogP contribution in [0, 0.1) is 18.6 Å². The van der Waals surface area contributed by atoms with Crippen molar-refractivity contribution in [1.82, 2.24) is 19.5 Å². The van der Waals surface area contributed by atoms with Gasteiger partial charge in [0.05, 0.1) is 29.9 Å². The molecule has 2 N–H and O–H groups in total. The topological polar surface area (TPSA) is 91.3 Å². The highest BCUT2D eigenvalue weighted by molar-refractivity contribution is 6.28. The molecule has 14 heteroatoms. The Balaban J connectivity index is 0.000000178. The van der Waals surface area contributed by atoms with E-state index in [0.29, 0.717) is 22.8 Å². The number of anilines is 2. The average Bonchev–Trinajstić information content (AvgIpc) is 3.24. The van der Waals surface area contributed by atoms with Crippen LogP contribution in [0.4, 0.5) is 33.5 Å². The van der Waals surface area contributed by atoms with Crippen LogP contribution in [0.25, 0.3) is 5.69 Å². The number of aryl methyl sites for hydroxylation is 1. The second-order valence-corrected chi connectivity index (χ2v) is 8.50. The summed E-state index contributed by atoms with van der Waals surface area (Å²) in [4.78, 5) is 13.6. The number of nitrogens with two attached hydrogens (primary N) is 1. The van der Waals surface area contributed by atoms with Crippen LogP contribution in [-0.2, 0) is 0 Å². The lowest BCUT2D eigenvalue weighted by Gasteiger charge is -2.34. The maximum Gasteiger partial charge on any atom is 0.573 e. The molecule has 2 aromatic heterocycles. The molecule has 1 aliphatic rings. The van der Waals surface area contributed by atoms with Gasteiger partial charge in [0.25, 0.3) is 0 Å². The van der Waals surface area contributed by atoms with Gasteiger partial charge in [-0.3, -0.25) is 0 Å². The third kappa shape index (κ3) is 6.40. The van der Waals surface area contributed by atoms with Gasteiger partial charge in [-0.05, 0) is 48.4 Å². The lowest BCUT2D eigenvalue weighted by atomic mass is 10.0. The number of benzene rings is 2. The summed E-state index contributed by atoms with van der Waals surface area (Å²) in [6, 6.07) is 7.10. The SMILES string of the molecule is CN1c2nc(Cl)ncc2OCC1c1cc(F)cc(F)c1.Cc1cn(-c2ccc(N)cc2OC(F)(F)F)cn1. The lowest BCUT2D eigenvalue weighted by molar-refractivity contribution is -0.274. The largest absolute Gasteiger partial charge is 0.573 e. The van der Waals surface area contributed by atoms with Gasteiger partial charge in [0.1, 0.15) is 18.2 Å². The number of aromatic nitrogens is 4. The first-order valence-corrected chi connectivity index (χ1v) is 11.3. The number of nitrogen functional groups attached to an aromatic ring is 1. The van der Waals surface area contributed by atoms with Gasteiger partial charge >= 0.3 is 6.36 Å². The molecule has 1 atom stereocenters. The van der Waals surface area contributed by atoms with Crippen LogP contribution < -0.4 is 20.1 Å². The van der Waals surface area contributed by atoms with Crippen molar-refractivity contribution < 1.29 is 31.4 Å². The van der Waals surface area contributed by atoms with Crippen LogP contribution >= 0.6 is 11.6 Å². The molecule has 0 saturated heterocycles. The molecule has 38 heavy (non-hydrogen) atoms. The minimum Gasteiger partial charge on any atom is -0.486 e. The summed E-state index contributed by atoms with van der Waals surface area (Å²) in [5.74, 6) is -0.629. The van der Waals surface area contributed by atoms with E-state index in [0.717, 1.165) is 12.1 Å². The maximum absolute atomic E-state index is 13.3. The minimum atomic E-state index is -4.77. The third-order valence-corrected chi connectivity index (χ3v) is 5.56. The summed E-state index contributed by atoms with van der Waals surface area (Å²) in [5.41, 5.74) is 7.03. The van der Waals surface area contributed by atoms with E-state index in [2.05, 4.69) is 19.7 Å². The Labute approximate surface area is 218 Å². The molecule has 1 aliphatic heterocycles. The zero-order valence-corrected chi connectivity index (χ0v) is 20.6. The van der Waals surface area contributed by atoms with Crippen molar-refractivity contribution in [2.75, 3.05) is 24.3 Å². The van der Waals surface area contributed by atoms with Crippen molar-refractivity contribution in [3.05, 3.63) is 83.3 Å². The Morgan fingerprint density at radius 1 is 1.11 bits per heavy atom. The highest BCUT2D eigenvalue weighted by Crippen LogP contribution is 2.37. The van der Waals surface area contributed by atoms with Gasteiger partial charge in [-0.15, -0.1) is 13.2 Å². The van der Waals surface area contributed by atoms with Crippen molar-refractivity contribution in [2.45, 2.75) is 19.3 Å². The number of hydrogen-bond acceptors (Lipinski definition) is 7. The van der Waals surface area contributed by atoms with E-state index in [4.69, 9.17) is 22.1 Å². The molecule has 0 fully saturated rings. The number of alkyl halides is 3. The summed E-state index contributed by atoms with van der Waals surface area (Å²) < 4.78 is 74.4. The van der Waals surface area contributed by atoms with Crippen molar-refractivity contribution in [2.24, 2.45) is 0 Å². The zero-order valence-electron chi connectivity index (χ0n) is 19.9. The van der Waals surface area contributed by atoms with Gasteiger partial charge in [-0.2, -0.15) is 4.98 Å². The van der Waals surface area contributed by atoms with Crippen LogP contribution in [0.1, 0.15) is 17.3 Å². The molecule has 5 rings (SSSR count). The van der Waals surface area contributed by atoms with Crippen LogP contribution in [0.15, 0.2) is 55.1 Å². The molecular formula is C24H20ClF5N6O2. The normalized spacial score (nSPS) is 14.7. The van der Waals surface area contributed by atoms with Gasteiger partial charge in [0.2, 0.25) is 5.28 Å². The lowest BCUT2D eigenvalue weighted by Crippen LogP contribution is -2.34. The summed E-state index contributed by atoms with van der Waals surface area (Å²) in [6.45, 7) is 1.98. The third-order valence-electron chi connectivity index (χ3n) is 5.37. The number of nitrogens with zero attached hydrogens (tertiary/aromatic N) is 5. The Morgan fingerprint density at radius 2 is 1.82 bits per heavy atom. The first-order valence-electron chi connectivity index (χ1n) is 10.9. The highest BCUT2D eigenvalue weighted by atomic mass is 35.5. The Morgan fingerprint density at radius 3 is 2.45 bits per heavy atom. The zero-order chi connectivity index (χ0) is 27.6. The van der Waals surface area contributed by atoms with E-state index in [-0.39, 0.29) is 35.1 Å².